The maximum absolute atomic E-state index is 8.98. The zero-order valence-electron chi connectivity index (χ0n) is 9.48. The first-order valence-corrected chi connectivity index (χ1v) is 5.52. The SMILES string of the molecule is C=CCCCOc1c(C#N)oc2ccccc12. The molecule has 86 valence electrons. The van der Waals surface area contributed by atoms with Crippen LogP contribution in [0.2, 0.25) is 0 Å². The van der Waals surface area contributed by atoms with Crippen molar-refractivity contribution >= 4 is 11.0 Å². The summed E-state index contributed by atoms with van der Waals surface area (Å²) in [6.45, 7) is 4.21. The highest BCUT2D eigenvalue weighted by atomic mass is 16.5. The van der Waals surface area contributed by atoms with E-state index in [1.54, 1.807) is 0 Å². The molecular formula is C14H13NO2. The number of nitriles is 1. The molecule has 2 rings (SSSR count). The van der Waals surface area contributed by atoms with Gasteiger partial charge in [-0.2, -0.15) is 5.26 Å². The van der Waals surface area contributed by atoms with E-state index in [1.807, 2.05) is 36.4 Å². The van der Waals surface area contributed by atoms with E-state index in [2.05, 4.69) is 6.58 Å². The molecule has 0 aliphatic carbocycles. The number of allylic oxidation sites excluding steroid dienone is 1. The van der Waals surface area contributed by atoms with E-state index in [0.29, 0.717) is 17.9 Å². The summed E-state index contributed by atoms with van der Waals surface area (Å²) in [5.74, 6) is 0.789. The number of furan rings is 1. The molecule has 0 saturated heterocycles. The number of hydrogen-bond acceptors (Lipinski definition) is 3. The van der Waals surface area contributed by atoms with E-state index < -0.39 is 0 Å². The first kappa shape index (κ1) is 11.3. The Hall–Kier alpha value is -2.21. The van der Waals surface area contributed by atoms with Gasteiger partial charge in [-0.05, 0) is 25.0 Å². The van der Waals surface area contributed by atoms with Crippen molar-refractivity contribution in [2.45, 2.75) is 12.8 Å². The number of nitrogens with zero attached hydrogens (tertiary/aromatic N) is 1. The Balaban J connectivity index is 2.25. The lowest BCUT2D eigenvalue weighted by Gasteiger charge is -2.02. The second-order valence-corrected chi connectivity index (χ2v) is 3.65. The van der Waals surface area contributed by atoms with Gasteiger partial charge >= 0.3 is 0 Å². The van der Waals surface area contributed by atoms with Crippen molar-refractivity contribution in [1.29, 1.82) is 5.26 Å². The third-order valence-corrected chi connectivity index (χ3v) is 2.45. The van der Waals surface area contributed by atoms with Crippen molar-refractivity contribution in [2.75, 3.05) is 6.61 Å². The molecule has 0 N–H and O–H groups in total. The Morgan fingerprint density at radius 1 is 1.41 bits per heavy atom. The fraction of sp³-hybridized carbons (Fsp3) is 0.214. The monoisotopic (exact) mass is 227 g/mol. The normalized spacial score (nSPS) is 10.1. The molecule has 0 aliphatic rings. The average Bonchev–Trinajstić information content (AvgIpc) is 2.73. The summed E-state index contributed by atoms with van der Waals surface area (Å²) < 4.78 is 11.0. The van der Waals surface area contributed by atoms with Crippen molar-refractivity contribution < 1.29 is 9.15 Å². The zero-order valence-corrected chi connectivity index (χ0v) is 9.48. The molecule has 0 bridgehead atoms. The second-order valence-electron chi connectivity index (χ2n) is 3.65. The largest absolute Gasteiger partial charge is 0.488 e. The van der Waals surface area contributed by atoms with E-state index in [1.165, 1.54) is 0 Å². The van der Waals surface area contributed by atoms with Gasteiger partial charge in [-0.3, -0.25) is 0 Å². The van der Waals surface area contributed by atoms with E-state index >= 15 is 0 Å². The predicted molar refractivity (Wildman–Crippen MR) is 65.9 cm³/mol. The minimum absolute atomic E-state index is 0.241. The average molecular weight is 227 g/mol. The number of benzene rings is 1. The number of fused-ring (bicyclic) bond motifs is 1. The fourth-order valence-corrected chi connectivity index (χ4v) is 1.64. The van der Waals surface area contributed by atoms with Crippen molar-refractivity contribution in [3.05, 3.63) is 42.7 Å². The van der Waals surface area contributed by atoms with E-state index in [9.17, 15) is 0 Å². The minimum Gasteiger partial charge on any atom is -0.488 e. The van der Waals surface area contributed by atoms with Crippen molar-refractivity contribution in [3.8, 4) is 11.8 Å². The van der Waals surface area contributed by atoms with Crippen LogP contribution in [-0.4, -0.2) is 6.61 Å². The summed E-state index contributed by atoms with van der Waals surface area (Å²) in [4.78, 5) is 0. The van der Waals surface area contributed by atoms with Gasteiger partial charge in [-0.15, -0.1) is 6.58 Å². The third kappa shape index (κ3) is 2.31. The summed E-state index contributed by atoms with van der Waals surface area (Å²) in [6, 6.07) is 9.50. The standard InChI is InChI=1S/C14H13NO2/c1-2-3-6-9-16-14-11-7-4-5-8-12(11)17-13(14)10-15/h2,4-5,7-8H,1,3,6,9H2. The van der Waals surface area contributed by atoms with Crippen LogP contribution in [0.4, 0.5) is 0 Å². The summed E-state index contributed by atoms with van der Waals surface area (Å²) >= 11 is 0. The quantitative estimate of drug-likeness (QED) is 0.578. The highest BCUT2D eigenvalue weighted by Gasteiger charge is 2.14. The topological polar surface area (TPSA) is 46.2 Å². The lowest BCUT2D eigenvalue weighted by atomic mass is 10.2. The first-order chi connectivity index (χ1) is 8.36. The Morgan fingerprint density at radius 2 is 2.24 bits per heavy atom. The highest BCUT2D eigenvalue weighted by Crippen LogP contribution is 2.32. The number of para-hydroxylation sites is 1. The van der Waals surface area contributed by atoms with Crippen LogP contribution in [-0.2, 0) is 0 Å². The first-order valence-electron chi connectivity index (χ1n) is 5.52. The molecule has 3 nitrogen and oxygen atoms in total. The van der Waals surface area contributed by atoms with Gasteiger partial charge in [-0.1, -0.05) is 18.2 Å². The minimum atomic E-state index is 0.241. The lowest BCUT2D eigenvalue weighted by Crippen LogP contribution is -1.97. The van der Waals surface area contributed by atoms with Crippen LogP contribution >= 0.6 is 0 Å². The fourth-order valence-electron chi connectivity index (χ4n) is 1.64. The molecule has 0 saturated carbocycles. The molecule has 0 amide bonds. The Kier molecular flexibility index (Phi) is 3.46. The molecule has 1 aromatic heterocycles. The molecule has 0 aliphatic heterocycles. The highest BCUT2D eigenvalue weighted by molar-refractivity contribution is 5.86. The van der Waals surface area contributed by atoms with Gasteiger partial charge in [0.15, 0.2) is 5.75 Å². The zero-order chi connectivity index (χ0) is 12.1. The molecule has 0 radical (unpaired) electrons. The van der Waals surface area contributed by atoms with Crippen LogP contribution in [0, 0.1) is 11.3 Å². The molecule has 1 aromatic carbocycles. The van der Waals surface area contributed by atoms with Crippen LogP contribution in [0.5, 0.6) is 5.75 Å². The maximum atomic E-state index is 8.98. The Labute approximate surface area is 99.9 Å². The van der Waals surface area contributed by atoms with Gasteiger partial charge in [0, 0.05) is 0 Å². The Morgan fingerprint density at radius 3 is 3.00 bits per heavy atom. The Bertz CT molecular complexity index is 563. The van der Waals surface area contributed by atoms with Crippen LogP contribution in [0.15, 0.2) is 41.3 Å². The van der Waals surface area contributed by atoms with Crippen LogP contribution in [0.25, 0.3) is 11.0 Å². The molecule has 2 aromatic rings. The summed E-state index contributed by atoms with van der Waals surface area (Å²) in [5.41, 5.74) is 0.683. The smallest absolute Gasteiger partial charge is 0.246 e. The number of unbranched alkanes of at least 4 members (excludes halogenated alkanes) is 1. The molecular weight excluding hydrogens is 214 g/mol. The third-order valence-electron chi connectivity index (χ3n) is 2.45. The van der Waals surface area contributed by atoms with Gasteiger partial charge in [-0.25, -0.2) is 0 Å². The van der Waals surface area contributed by atoms with Crippen LogP contribution in [0.3, 0.4) is 0 Å². The summed E-state index contributed by atoms with van der Waals surface area (Å²) in [6.07, 6.45) is 3.63. The van der Waals surface area contributed by atoms with E-state index in [4.69, 9.17) is 14.4 Å². The number of ether oxygens (including phenoxy) is 1. The van der Waals surface area contributed by atoms with E-state index in [-0.39, 0.29) is 5.76 Å². The molecule has 0 unspecified atom stereocenters. The van der Waals surface area contributed by atoms with Gasteiger partial charge < -0.3 is 9.15 Å². The summed E-state index contributed by atoms with van der Waals surface area (Å²) in [7, 11) is 0. The molecule has 1 heterocycles. The number of rotatable bonds is 5. The van der Waals surface area contributed by atoms with Gasteiger partial charge in [0.2, 0.25) is 5.76 Å². The molecule has 0 spiro atoms. The molecule has 3 heteroatoms. The van der Waals surface area contributed by atoms with Gasteiger partial charge in [0.25, 0.3) is 0 Å². The second kappa shape index (κ2) is 5.22. The van der Waals surface area contributed by atoms with Crippen molar-refractivity contribution in [1.82, 2.24) is 0 Å². The van der Waals surface area contributed by atoms with Gasteiger partial charge in [0.1, 0.15) is 11.7 Å². The lowest BCUT2D eigenvalue weighted by molar-refractivity contribution is 0.309. The van der Waals surface area contributed by atoms with E-state index in [0.717, 1.165) is 18.2 Å². The van der Waals surface area contributed by atoms with Crippen LogP contribution in [0.1, 0.15) is 18.6 Å². The number of hydrogen-bond donors (Lipinski definition) is 0. The molecule has 0 atom stereocenters. The van der Waals surface area contributed by atoms with Gasteiger partial charge in [0.05, 0.1) is 12.0 Å². The maximum Gasteiger partial charge on any atom is 0.246 e. The summed E-state index contributed by atoms with van der Waals surface area (Å²) in [5, 5.41) is 9.83. The predicted octanol–water partition coefficient (Wildman–Crippen LogP) is 3.65. The van der Waals surface area contributed by atoms with Crippen molar-refractivity contribution in [2.24, 2.45) is 0 Å². The van der Waals surface area contributed by atoms with Crippen LogP contribution < -0.4 is 4.74 Å². The molecule has 17 heavy (non-hydrogen) atoms. The van der Waals surface area contributed by atoms with Crippen molar-refractivity contribution in [3.63, 3.8) is 0 Å². The molecule has 0 fully saturated rings.